The number of amides is 3. The van der Waals surface area contributed by atoms with Crippen LogP contribution in [0.5, 0.6) is 0 Å². The summed E-state index contributed by atoms with van der Waals surface area (Å²) in [6.07, 6.45) is 1.90. The number of rotatable bonds is 7. The number of carboxylic acid groups (broad SMARTS) is 1. The highest BCUT2D eigenvalue weighted by Gasteiger charge is 2.21. The van der Waals surface area contributed by atoms with E-state index in [0.29, 0.717) is 5.56 Å². The fraction of sp³-hybridized carbons (Fsp3) is 0.150. The van der Waals surface area contributed by atoms with Gasteiger partial charge in [0, 0.05) is 35.6 Å². The molecule has 0 aliphatic carbocycles. The molecule has 3 aromatic rings. The summed E-state index contributed by atoms with van der Waals surface area (Å²) in [7, 11) is 0. The van der Waals surface area contributed by atoms with Crippen molar-refractivity contribution in [2.45, 2.75) is 19.0 Å². The maximum atomic E-state index is 12.1. The van der Waals surface area contributed by atoms with Crippen LogP contribution in [0.2, 0.25) is 0 Å². The number of nitrogens with two attached hydrogens (primary N) is 1. The van der Waals surface area contributed by atoms with E-state index >= 15 is 0 Å². The number of aromatic nitrogens is 1. The molecule has 28 heavy (non-hydrogen) atoms. The Morgan fingerprint density at radius 1 is 1.07 bits per heavy atom. The van der Waals surface area contributed by atoms with E-state index in [9.17, 15) is 19.5 Å². The van der Waals surface area contributed by atoms with E-state index in [1.165, 1.54) is 0 Å². The van der Waals surface area contributed by atoms with Crippen LogP contribution in [-0.2, 0) is 17.8 Å². The second kappa shape index (κ2) is 8.26. The Labute approximate surface area is 160 Å². The van der Waals surface area contributed by atoms with Crippen molar-refractivity contribution in [1.82, 2.24) is 15.6 Å². The quantitative estimate of drug-likeness (QED) is 0.426. The molecule has 8 nitrogen and oxygen atoms in total. The number of carbonyl (C=O) groups excluding carboxylic acids is 2. The first-order chi connectivity index (χ1) is 13.4. The molecule has 144 valence electrons. The standard InChI is InChI=1S/C20H20N4O4/c21-18(25)13-7-5-12(6-8-13)10-23-20(28)24-17(19(26)27)9-14-11-22-16-4-2-1-3-15(14)16/h1-8,11,17,22H,9-10H2,(H2,21,25)(H,26,27)(H2,23,24,28)/t17-/m1/s1. The van der Waals surface area contributed by atoms with E-state index in [-0.39, 0.29) is 13.0 Å². The number of fused-ring (bicyclic) bond motifs is 1. The Hall–Kier alpha value is -3.81. The van der Waals surface area contributed by atoms with Crippen molar-refractivity contribution >= 4 is 28.8 Å². The van der Waals surface area contributed by atoms with E-state index in [4.69, 9.17) is 5.73 Å². The minimum absolute atomic E-state index is 0.153. The van der Waals surface area contributed by atoms with Gasteiger partial charge < -0.3 is 26.5 Å². The van der Waals surface area contributed by atoms with Gasteiger partial charge in [0.05, 0.1) is 0 Å². The van der Waals surface area contributed by atoms with Crippen LogP contribution in [0.1, 0.15) is 21.5 Å². The molecule has 3 amide bonds. The average molecular weight is 380 g/mol. The van der Waals surface area contributed by atoms with E-state index < -0.39 is 23.9 Å². The van der Waals surface area contributed by atoms with Gasteiger partial charge in [-0.3, -0.25) is 4.79 Å². The highest BCUT2D eigenvalue weighted by Crippen LogP contribution is 2.19. The van der Waals surface area contributed by atoms with Crippen LogP contribution < -0.4 is 16.4 Å². The van der Waals surface area contributed by atoms with E-state index in [1.54, 1.807) is 30.5 Å². The molecular formula is C20H20N4O4. The highest BCUT2D eigenvalue weighted by molar-refractivity contribution is 5.92. The molecule has 0 saturated carbocycles. The number of aliphatic carboxylic acids is 1. The number of carboxylic acids is 1. The second-order valence-corrected chi connectivity index (χ2v) is 6.34. The zero-order chi connectivity index (χ0) is 20.1. The summed E-state index contributed by atoms with van der Waals surface area (Å²) in [5.74, 6) is -1.65. The van der Waals surface area contributed by atoms with Crippen molar-refractivity contribution in [3.05, 3.63) is 71.4 Å². The fourth-order valence-corrected chi connectivity index (χ4v) is 2.90. The number of nitrogens with one attached hydrogen (secondary N) is 3. The summed E-state index contributed by atoms with van der Waals surface area (Å²) < 4.78 is 0. The lowest BCUT2D eigenvalue weighted by Crippen LogP contribution is -2.46. The Bertz CT molecular complexity index is 1010. The molecule has 0 aliphatic heterocycles. The first-order valence-corrected chi connectivity index (χ1v) is 8.65. The predicted molar refractivity (Wildman–Crippen MR) is 104 cm³/mol. The summed E-state index contributed by atoms with van der Waals surface area (Å²) in [4.78, 5) is 37.9. The van der Waals surface area contributed by atoms with Gasteiger partial charge in [0.2, 0.25) is 5.91 Å². The smallest absolute Gasteiger partial charge is 0.326 e. The summed E-state index contributed by atoms with van der Waals surface area (Å²) in [5, 5.41) is 15.5. The van der Waals surface area contributed by atoms with Crippen LogP contribution >= 0.6 is 0 Å². The number of carbonyl (C=O) groups is 3. The van der Waals surface area contributed by atoms with Crippen molar-refractivity contribution in [2.75, 3.05) is 0 Å². The molecule has 0 spiro atoms. The van der Waals surface area contributed by atoms with Gasteiger partial charge >= 0.3 is 12.0 Å². The average Bonchev–Trinajstić information content (AvgIpc) is 3.09. The van der Waals surface area contributed by atoms with Gasteiger partial charge in [-0.15, -0.1) is 0 Å². The molecule has 0 bridgehead atoms. The summed E-state index contributed by atoms with van der Waals surface area (Å²) in [6, 6.07) is 12.4. The molecule has 0 unspecified atom stereocenters. The first kappa shape index (κ1) is 19.0. The van der Waals surface area contributed by atoms with E-state index in [2.05, 4.69) is 15.6 Å². The fourth-order valence-electron chi connectivity index (χ4n) is 2.90. The minimum Gasteiger partial charge on any atom is -0.480 e. The Morgan fingerprint density at radius 3 is 2.46 bits per heavy atom. The molecule has 1 heterocycles. The van der Waals surface area contributed by atoms with Crippen molar-refractivity contribution in [2.24, 2.45) is 5.73 Å². The largest absolute Gasteiger partial charge is 0.480 e. The number of para-hydroxylation sites is 1. The highest BCUT2D eigenvalue weighted by atomic mass is 16.4. The van der Waals surface area contributed by atoms with Gasteiger partial charge in [-0.2, -0.15) is 0 Å². The van der Waals surface area contributed by atoms with Crippen LogP contribution in [0.15, 0.2) is 54.7 Å². The number of H-pyrrole nitrogens is 1. The number of hydrogen-bond acceptors (Lipinski definition) is 3. The molecule has 0 radical (unpaired) electrons. The lowest BCUT2D eigenvalue weighted by Gasteiger charge is -2.15. The normalized spacial score (nSPS) is 11.7. The molecule has 3 rings (SSSR count). The van der Waals surface area contributed by atoms with Gasteiger partial charge in [-0.05, 0) is 29.3 Å². The molecule has 2 aromatic carbocycles. The molecular weight excluding hydrogens is 360 g/mol. The van der Waals surface area contributed by atoms with Gasteiger partial charge in [-0.25, -0.2) is 9.59 Å². The molecule has 1 aromatic heterocycles. The molecule has 1 atom stereocenters. The van der Waals surface area contributed by atoms with Crippen molar-refractivity contribution < 1.29 is 19.5 Å². The number of urea groups is 1. The molecule has 6 N–H and O–H groups in total. The Balaban J connectivity index is 1.60. The van der Waals surface area contributed by atoms with Crippen LogP contribution in [-0.4, -0.2) is 34.0 Å². The van der Waals surface area contributed by atoms with E-state index in [1.807, 2.05) is 24.3 Å². The third-order valence-electron chi connectivity index (χ3n) is 4.39. The number of aromatic amines is 1. The maximum absolute atomic E-state index is 12.1. The van der Waals surface area contributed by atoms with Gasteiger partial charge in [0.25, 0.3) is 0 Å². The SMILES string of the molecule is NC(=O)c1ccc(CNC(=O)N[C@H](Cc2c[nH]c3ccccc23)C(=O)O)cc1. The Morgan fingerprint density at radius 2 is 1.79 bits per heavy atom. The monoisotopic (exact) mass is 380 g/mol. The summed E-state index contributed by atoms with van der Waals surface area (Å²) in [5.41, 5.74) is 8.03. The van der Waals surface area contributed by atoms with Crippen LogP contribution in [0.3, 0.4) is 0 Å². The molecule has 0 saturated heterocycles. The third-order valence-corrected chi connectivity index (χ3v) is 4.39. The van der Waals surface area contributed by atoms with Gasteiger partial charge in [-0.1, -0.05) is 30.3 Å². The van der Waals surface area contributed by atoms with Crippen molar-refractivity contribution in [1.29, 1.82) is 0 Å². The van der Waals surface area contributed by atoms with E-state index in [0.717, 1.165) is 22.0 Å². The van der Waals surface area contributed by atoms with Crippen molar-refractivity contribution in [3.63, 3.8) is 0 Å². The molecule has 8 heteroatoms. The second-order valence-electron chi connectivity index (χ2n) is 6.34. The zero-order valence-electron chi connectivity index (χ0n) is 14.9. The number of benzene rings is 2. The predicted octanol–water partition coefficient (Wildman–Crippen LogP) is 1.76. The number of primary amides is 1. The lowest BCUT2D eigenvalue weighted by molar-refractivity contribution is -0.139. The molecule has 0 aliphatic rings. The van der Waals surface area contributed by atoms with Gasteiger partial charge in [0.15, 0.2) is 0 Å². The topological polar surface area (TPSA) is 137 Å². The number of hydrogen-bond donors (Lipinski definition) is 5. The summed E-state index contributed by atoms with van der Waals surface area (Å²) >= 11 is 0. The zero-order valence-corrected chi connectivity index (χ0v) is 14.9. The minimum atomic E-state index is -1.12. The Kier molecular flexibility index (Phi) is 5.59. The third kappa shape index (κ3) is 4.47. The van der Waals surface area contributed by atoms with Crippen LogP contribution in [0, 0.1) is 0 Å². The lowest BCUT2D eigenvalue weighted by atomic mass is 10.1. The van der Waals surface area contributed by atoms with Crippen LogP contribution in [0.4, 0.5) is 4.79 Å². The van der Waals surface area contributed by atoms with Crippen LogP contribution in [0.25, 0.3) is 10.9 Å². The first-order valence-electron chi connectivity index (χ1n) is 8.65. The van der Waals surface area contributed by atoms with Crippen molar-refractivity contribution in [3.8, 4) is 0 Å². The summed E-state index contributed by atoms with van der Waals surface area (Å²) in [6.45, 7) is 0.185. The molecule has 0 fully saturated rings. The van der Waals surface area contributed by atoms with Gasteiger partial charge in [0.1, 0.15) is 6.04 Å². The maximum Gasteiger partial charge on any atom is 0.326 e.